The molecule has 1 aromatic carbocycles. The molecule has 5 nitrogen and oxygen atoms in total. The van der Waals surface area contributed by atoms with Crippen LogP contribution in [0.4, 0.5) is 0 Å². The molecule has 0 atom stereocenters. The summed E-state index contributed by atoms with van der Waals surface area (Å²) in [6.45, 7) is 3.55. The van der Waals surface area contributed by atoms with Crippen LogP contribution in [0.2, 0.25) is 0 Å². The molecule has 2 N–H and O–H groups in total. The molecule has 2 rings (SSSR count). The topological polar surface area (TPSA) is 48.9 Å². The second-order valence-corrected chi connectivity index (χ2v) is 7.43. The molecule has 0 bridgehead atoms. The Kier molecular flexibility index (Phi) is 10.5. The summed E-state index contributed by atoms with van der Waals surface area (Å²) in [6.07, 6.45) is 5.02. The van der Waals surface area contributed by atoms with Crippen molar-refractivity contribution in [2.75, 3.05) is 41.4 Å². The summed E-state index contributed by atoms with van der Waals surface area (Å²) >= 11 is 0. The van der Waals surface area contributed by atoms with Crippen LogP contribution in [0.5, 0.6) is 0 Å². The second-order valence-electron chi connectivity index (χ2n) is 7.43. The first kappa shape index (κ1) is 23.2. The number of ether oxygens (including phenoxy) is 1. The van der Waals surface area contributed by atoms with Crippen LogP contribution in [0.25, 0.3) is 0 Å². The number of hydrogen-bond acceptors (Lipinski definition) is 3. The van der Waals surface area contributed by atoms with Gasteiger partial charge in [-0.05, 0) is 49.9 Å². The molecule has 26 heavy (non-hydrogen) atoms. The van der Waals surface area contributed by atoms with Crippen LogP contribution in [0, 0.1) is 5.41 Å². The summed E-state index contributed by atoms with van der Waals surface area (Å²) < 4.78 is 5.27. The number of halogens is 1. The van der Waals surface area contributed by atoms with Gasteiger partial charge in [0.2, 0.25) is 0 Å². The maximum atomic E-state index is 5.27. The van der Waals surface area contributed by atoms with Gasteiger partial charge in [0.15, 0.2) is 5.96 Å². The predicted octanol–water partition coefficient (Wildman–Crippen LogP) is 3.24. The van der Waals surface area contributed by atoms with E-state index in [1.807, 2.05) is 7.05 Å². The van der Waals surface area contributed by atoms with E-state index in [4.69, 9.17) is 4.74 Å². The van der Waals surface area contributed by atoms with E-state index < -0.39 is 0 Å². The molecule has 0 amide bonds. The van der Waals surface area contributed by atoms with Crippen LogP contribution < -0.4 is 10.6 Å². The highest BCUT2D eigenvalue weighted by Crippen LogP contribution is 2.43. The lowest BCUT2D eigenvalue weighted by atomic mass is 9.67. The molecule has 1 aromatic rings. The molecule has 0 spiro atoms. The van der Waals surface area contributed by atoms with Gasteiger partial charge in [-0.1, -0.05) is 30.7 Å². The number of rotatable bonds is 9. The maximum Gasteiger partial charge on any atom is 0.191 e. The summed E-state index contributed by atoms with van der Waals surface area (Å²) in [5.41, 5.74) is 3.00. The Morgan fingerprint density at radius 2 is 1.96 bits per heavy atom. The van der Waals surface area contributed by atoms with Crippen molar-refractivity contribution in [2.45, 2.75) is 38.8 Å². The van der Waals surface area contributed by atoms with Gasteiger partial charge in [0.05, 0.1) is 0 Å². The van der Waals surface area contributed by atoms with Crippen molar-refractivity contribution in [2.24, 2.45) is 10.4 Å². The first-order valence-electron chi connectivity index (χ1n) is 9.23. The third kappa shape index (κ3) is 7.40. The van der Waals surface area contributed by atoms with Crippen LogP contribution in [0.3, 0.4) is 0 Å². The molecule has 0 saturated heterocycles. The van der Waals surface area contributed by atoms with Gasteiger partial charge in [-0.25, -0.2) is 0 Å². The number of nitrogens with zero attached hydrogens (tertiary/aromatic N) is 2. The molecule has 1 saturated carbocycles. The van der Waals surface area contributed by atoms with Gasteiger partial charge in [-0.15, -0.1) is 24.0 Å². The first-order valence-corrected chi connectivity index (χ1v) is 9.23. The molecule has 0 heterocycles. The monoisotopic (exact) mass is 474 g/mol. The average molecular weight is 474 g/mol. The summed E-state index contributed by atoms with van der Waals surface area (Å²) in [7, 11) is 7.80. The minimum atomic E-state index is 0. The van der Waals surface area contributed by atoms with Crippen molar-refractivity contribution in [1.82, 2.24) is 15.5 Å². The Bertz CT molecular complexity index is 558. The van der Waals surface area contributed by atoms with Gasteiger partial charge in [-0.2, -0.15) is 0 Å². The predicted molar refractivity (Wildman–Crippen MR) is 120 cm³/mol. The Balaban J connectivity index is 0.00000338. The molecule has 1 fully saturated rings. The number of aliphatic imine (C=N–C) groups is 1. The van der Waals surface area contributed by atoms with E-state index in [0.29, 0.717) is 5.41 Å². The first-order chi connectivity index (χ1) is 12.1. The van der Waals surface area contributed by atoms with Gasteiger partial charge in [0.1, 0.15) is 0 Å². The molecule has 1 aliphatic carbocycles. The fourth-order valence-electron chi connectivity index (χ4n) is 3.39. The fourth-order valence-corrected chi connectivity index (χ4v) is 3.39. The highest BCUT2D eigenvalue weighted by atomic mass is 127. The van der Waals surface area contributed by atoms with Gasteiger partial charge < -0.3 is 20.3 Å². The van der Waals surface area contributed by atoms with Gasteiger partial charge >= 0.3 is 0 Å². The molecule has 0 radical (unpaired) electrons. The molecular weight excluding hydrogens is 439 g/mol. The van der Waals surface area contributed by atoms with Crippen molar-refractivity contribution in [1.29, 1.82) is 0 Å². The Morgan fingerprint density at radius 3 is 2.54 bits per heavy atom. The summed E-state index contributed by atoms with van der Waals surface area (Å²) in [5.74, 6) is 0.877. The molecule has 0 aromatic heterocycles. The van der Waals surface area contributed by atoms with Crippen molar-refractivity contribution in [3.05, 3.63) is 35.4 Å². The maximum absolute atomic E-state index is 5.27. The lowest BCUT2D eigenvalue weighted by Crippen LogP contribution is -2.46. The summed E-state index contributed by atoms with van der Waals surface area (Å²) in [4.78, 5) is 6.56. The van der Waals surface area contributed by atoms with Crippen molar-refractivity contribution < 1.29 is 4.74 Å². The average Bonchev–Trinajstić information content (AvgIpc) is 2.56. The van der Waals surface area contributed by atoms with Crippen LogP contribution in [-0.2, 0) is 17.8 Å². The van der Waals surface area contributed by atoms with Crippen LogP contribution in [-0.4, -0.2) is 52.3 Å². The smallest absolute Gasteiger partial charge is 0.191 e. The van der Waals surface area contributed by atoms with Crippen molar-refractivity contribution in [3.63, 3.8) is 0 Å². The summed E-state index contributed by atoms with van der Waals surface area (Å²) in [5, 5.41) is 6.95. The number of hydrogen-bond donors (Lipinski definition) is 2. The number of guanidine groups is 1. The van der Waals surface area contributed by atoms with E-state index in [0.717, 1.165) is 38.6 Å². The minimum Gasteiger partial charge on any atom is -0.385 e. The van der Waals surface area contributed by atoms with E-state index in [1.165, 1.54) is 30.4 Å². The third-order valence-electron chi connectivity index (χ3n) is 5.06. The minimum absolute atomic E-state index is 0. The summed E-state index contributed by atoms with van der Waals surface area (Å²) in [6, 6.07) is 8.71. The normalized spacial score (nSPS) is 16.0. The zero-order chi connectivity index (χ0) is 18.1. The van der Waals surface area contributed by atoms with E-state index in [9.17, 15) is 0 Å². The Hall–Kier alpha value is -0.860. The number of nitrogens with one attached hydrogen (secondary N) is 2. The van der Waals surface area contributed by atoms with E-state index in [-0.39, 0.29) is 24.0 Å². The van der Waals surface area contributed by atoms with E-state index in [2.05, 4.69) is 58.9 Å². The van der Waals surface area contributed by atoms with Crippen LogP contribution in [0.1, 0.15) is 36.8 Å². The highest BCUT2D eigenvalue weighted by Gasteiger charge is 2.36. The molecule has 0 unspecified atom stereocenters. The molecular formula is C20H35IN4O. The Morgan fingerprint density at radius 1 is 1.23 bits per heavy atom. The molecule has 0 aliphatic heterocycles. The zero-order valence-corrected chi connectivity index (χ0v) is 19.0. The second kappa shape index (κ2) is 11.8. The van der Waals surface area contributed by atoms with Gasteiger partial charge in [0, 0.05) is 40.4 Å². The highest BCUT2D eigenvalue weighted by molar-refractivity contribution is 14.0. The fraction of sp³-hybridized carbons (Fsp3) is 0.650. The van der Waals surface area contributed by atoms with Crippen molar-refractivity contribution >= 4 is 29.9 Å². The largest absolute Gasteiger partial charge is 0.385 e. The number of methoxy groups -OCH3 is 1. The van der Waals surface area contributed by atoms with Crippen LogP contribution in [0.15, 0.2) is 29.3 Å². The Labute approximate surface area is 176 Å². The van der Waals surface area contributed by atoms with E-state index >= 15 is 0 Å². The standard InChI is InChI=1S/C20H34N4O.HI/c1-21-19(23-16-20(9-6-10-20)11-12-25-4)22-14-17-7-5-8-18(13-17)15-24(2)3;/h5,7-8,13H,6,9-12,14-16H2,1-4H3,(H2,21,22,23);1H. The van der Waals surface area contributed by atoms with Crippen LogP contribution >= 0.6 is 24.0 Å². The van der Waals surface area contributed by atoms with Crippen molar-refractivity contribution in [3.8, 4) is 0 Å². The SMILES string of the molecule is CN=C(NCc1cccc(CN(C)C)c1)NCC1(CCOC)CCC1.I. The quantitative estimate of drug-likeness (QED) is 0.328. The number of benzene rings is 1. The van der Waals surface area contributed by atoms with E-state index in [1.54, 1.807) is 7.11 Å². The lowest BCUT2D eigenvalue weighted by molar-refractivity contribution is 0.0732. The lowest BCUT2D eigenvalue weighted by Gasteiger charge is -2.42. The zero-order valence-electron chi connectivity index (χ0n) is 16.7. The molecule has 6 heteroatoms. The third-order valence-corrected chi connectivity index (χ3v) is 5.06. The van der Waals surface area contributed by atoms with Gasteiger partial charge in [0.25, 0.3) is 0 Å². The van der Waals surface area contributed by atoms with Gasteiger partial charge in [-0.3, -0.25) is 4.99 Å². The molecule has 1 aliphatic rings. The molecule has 148 valence electrons.